The highest BCUT2D eigenvalue weighted by molar-refractivity contribution is 5.32. The number of nitriles is 1. The third-order valence-electron chi connectivity index (χ3n) is 2.63. The minimum absolute atomic E-state index is 0.518. The second-order valence-corrected chi connectivity index (χ2v) is 4.05. The van der Waals surface area contributed by atoms with Crippen molar-refractivity contribution in [2.45, 2.75) is 6.10 Å². The molecule has 0 heterocycles. The SMILES string of the molecule is C=CCN(CC=C)CC(O)c1ccc(C#N)cc1. The van der Waals surface area contributed by atoms with Gasteiger partial charge in [0.2, 0.25) is 0 Å². The molecule has 0 aliphatic carbocycles. The molecule has 0 saturated heterocycles. The molecule has 0 aromatic heterocycles. The van der Waals surface area contributed by atoms with Crippen LogP contribution >= 0.6 is 0 Å². The fraction of sp³-hybridized carbons (Fsp3) is 0.267. The second kappa shape index (κ2) is 7.44. The van der Waals surface area contributed by atoms with Crippen LogP contribution in [0.2, 0.25) is 0 Å². The van der Waals surface area contributed by atoms with E-state index in [0.717, 1.165) is 5.56 Å². The lowest BCUT2D eigenvalue weighted by atomic mass is 10.1. The van der Waals surface area contributed by atoms with Crippen LogP contribution in [0.5, 0.6) is 0 Å². The molecule has 3 heteroatoms. The summed E-state index contributed by atoms with van der Waals surface area (Å²) in [5.41, 5.74) is 1.41. The number of aliphatic hydroxyl groups excluding tert-OH is 1. The Labute approximate surface area is 108 Å². The summed E-state index contributed by atoms with van der Waals surface area (Å²) in [6.45, 7) is 9.32. The summed E-state index contributed by atoms with van der Waals surface area (Å²) in [4.78, 5) is 2.04. The lowest BCUT2D eigenvalue weighted by Crippen LogP contribution is -2.29. The topological polar surface area (TPSA) is 47.3 Å². The lowest BCUT2D eigenvalue weighted by molar-refractivity contribution is 0.125. The van der Waals surface area contributed by atoms with E-state index in [-0.39, 0.29) is 0 Å². The van der Waals surface area contributed by atoms with Gasteiger partial charge in [-0.25, -0.2) is 0 Å². The summed E-state index contributed by atoms with van der Waals surface area (Å²) in [7, 11) is 0. The Bertz CT molecular complexity index is 421. The van der Waals surface area contributed by atoms with E-state index in [1.54, 1.807) is 36.4 Å². The molecule has 0 saturated carbocycles. The van der Waals surface area contributed by atoms with Gasteiger partial charge in [0.15, 0.2) is 0 Å². The first kappa shape index (κ1) is 14.2. The molecule has 18 heavy (non-hydrogen) atoms. The van der Waals surface area contributed by atoms with Gasteiger partial charge in [0, 0.05) is 19.6 Å². The van der Waals surface area contributed by atoms with E-state index < -0.39 is 6.10 Å². The summed E-state index contributed by atoms with van der Waals surface area (Å²) in [6.07, 6.45) is 3.03. The number of aliphatic hydroxyl groups is 1. The van der Waals surface area contributed by atoms with Crippen molar-refractivity contribution in [1.29, 1.82) is 5.26 Å². The molecule has 0 aliphatic rings. The average Bonchev–Trinajstić information content (AvgIpc) is 2.39. The molecule has 0 bridgehead atoms. The van der Waals surface area contributed by atoms with Crippen LogP contribution in [0.25, 0.3) is 0 Å². The minimum Gasteiger partial charge on any atom is -0.387 e. The van der Waals surface area contributed by atoms with Crippen LogP contribution in [0.15, 0.2) is 49.6 Å². The Morgan fingerprint density at radius 3 is 2.22 bits per heavy atom. The van der Waals surface area contributed by atoms with Gasteiger partial charge in [-0.2, -0.15) is 5.26 Å². The monoisotopic (exact) mass is 242 g/mol. The van der Waals surface area contributed by atoms with Gasteiger partial charge in [-0.05, 0) is 17.7 Å². The van der Waals surface area contributed by atoms with Crippen molar-refractivity contribution in [3.8, 4) is 6.07 Å². The summed E-state index contributed by atoms with van der Waals surface area (Å²) in [6, 6.07) is 9.04. The van der Waals surface area contributed by atoms with Gasteiger partial charge < -0.3 is 5.11 Å². The number of benzene rings is 1. The van der Waals surface area contributed by atoms with Crippen LogP contribution in [0.3, 0.4) is 0 Å². The van der Waals surface area contributed by atoms with Crippen molar-refractivity contribution in [3.63, 3.8) is 0 Å². The predicted octanol–water partition coefficient (Wildman–Crippen LogP) is 2.27. The zero-order valence-electron chi connectivity index (χ0n) is 10.4. The van der Waals surface area contributed by atoms with Crippen molar-refractivity contribution in [2.24, 2.45) is 0 Å². The highest BCUT2D eigenvalue weighted by atomic mass is 16.3. The largest absolute Gasteiger partial charge is 0.387 e. The first-order valence-corrected chi connectivity index (χ1v) is 5.83. The maximum atomic E-state index is 10.1. The number of rotatable bonds is 7. The molecule has 0 aliphatic heterocycles. The Morgan fingerprint density at radius 1 is 1.22 bits per heavy atom. The van der Waals surface area contributed by atoms with E-state index in [1.807, 2.05) is 4.90 Å². The van der Waals surface area contributed by atoms with Gasteiger partial charge >= 0.3 is 0 Å². The number of hydrogen-bond donors (Lipinski definition) is 1. The molecule has 94 valence electrons. The van der Waals surface area contributed by atoms with Crippen LogP contribution in [-0.4, -0.2) is 29.6 Å². The van der Waals surface area contributed by atoms with Crippen molar-refractivity contribution >= 4 is 0 Å². The normalized spacial score (nSPS) is 11.8. The number of hydrogen-bond acceptors (Lipinski definition) is 3. The van der Waals surface area contributed by atoms with Gasteiger partial charge in [0.05, 0.1) is 17.7 Å². The number of nitrogens with zero attached hydrogens (tertiary/aromatic N) is 2. The van der Waals surface area contributed by atoms with E-state index in [0.29, 0.717) is 25.2 Å². The molecule has 0 fully saturated rings. The van der Waals surface area contributed by atoms with Gasteiger partial charge in [-0.3, -0.25) is 4.90 Å². The minimum atomic E-state index is -0.572. The molecule has 0 amide bonds. The molecule has 0 spiro atoms. The highest BCUT2D eigenvalue weighted by Crippen LogP contribution is 2.15. The molecule has 0 radical (unpaired) electrons. The van der Waals surface area contributed by atoms with Crippen molar-refractivity contribution in [2.75, 3.05) is 19.6 Å². The van der Waals surface area contributed by atoms with Crippen LogP contribution in [0, 0.1) is 11.3 Å². The van der Waals surface area contributed by atoms with Crippen molar-refractivity contribution in [1.82, 2.24) is 4.90 Å². The summed E-state index contributed by atoms with van der Waals surface area (Å²) >= 11 is 0. The van der Waals surface area contributed by atoms with Crippen molar-refractivity contribution < 1.29 is 5.11 Å². The van der Waals surface area contributed by atoms with Crippen molar-refractivity contribution in [3.05, 3.63) is 60.7 Å². The predicted molar refractivity (Wildman–Crippen MR) is 73.0 cm³/mol. The molecule has 1 rings (SSSR count). The quantitative estimate of drug-likeness (QED) is 0.746. The molecule has 1 aromatic carbocycles. The Balaban J connectivity index is 2.67. The van der Waals surface area contributed by atoms with E-state index in [9.17, 15) is 5.11 Å². The fourth-order valence-electron chi connectivity index (χ4n) is 1.72. The maximum Gasteiger partial charge on any atom is 0.0991 e. The van der Waals surface area contributed by atoms with E-state index in [1.165, 1.54) is 0 Å². The Kier molecular flexibility index (Phi) is 5.86. The summed E-state index contributed by atoms with van der Waals surface area (Å²) in [5, 5.41) is 18.8. The highest BCUT2D eigenvalue weighted by Gasteiger charge is 2.11. The molecule has 1 unspecified atom stereocenters. The van der Waals surface area contributed by atoms with Gasteiger partial charge in [-0.1, -0.05) is 24.3 Å². The first-order chi connectivity index (χ1) is 8.71. The molecule has 3 nitrogen and oxygen atoms in total. The third-order valence-corrected chi connectivity index (χ3v) is 2.63. The van der Waals surface area contributed by atoms with Gasteiger partial charge in [0.1, 0.15) is 0 Å². The fourth-order valence-corrected chi connectivity index (χ4v) is 1.72. The smallest absolute Gasteiger partial charge is 0.0991 e. The summed E-state index contributed by atoms with van der Waals surface area (Å²) < 4.78 is 0. The molecule has 1 N–H and O–H groups in total. The van der Waals surface area contributed by atoms with Crippen LogP contribution < -0.4 is 0 Å². The van der Waals surface area contributed by atoms with E-state index in [2.05, 4.69) is 19.2 Å². The third kappa shape index (κ3) is 4.17. The molecule has 1 atom stereocenters. The Morgan fingerprint density at radius 2 is 1.78 bits per heavy atom. The van der Waals surface area contributed by atoms with Gasteiger partial charge in [0.25, 0.3) is 0 Å². The van der Waals surface area contributed by atoms with E-state index >= 15 is 0 Å². The summed E-state index contributed by atoms with van der Waals surface area (Å²) in [5.74, 6) is 0. The zero-order chi connectivity index (χ0) is 13.4. The molecular weight excluding hydrogens is 224 g/mol. The van der Waals surface area contributed by atoms with Gasteiger partial charge in [-0.15, -0.1) is 13.2 Å². The van der Waals surface area contributed by atoms with E-state index in [4.69, 9.17) is 5.26 Å². The van der Waals surface area contributed by atoms with Crippen LogP contribution in [-0.2, 0) is 0 Å². The zero-order valence-corrected chi connectivity index (χ0v) is 10.4. The standard InChI is InChI=1S/C15H18N2O/c1-3-9-17(10-4-2)12-15(18)14-7-5-13(11-16)6-8-14/h3-8,15,18H,1-2,9-10,12H2. The molecular formula is C15H18N2O. The maximum absolute atomic E-state index is 10.1. The van der Waals surface area contributed by atoms with Crippen LogP contribution in [0.1, 0.15) is 17.2 Å². The van der Waals surface area contributed by atoms with Crippen LogP contribution in [0.4, 0.5) is 0 Å². The first-order valence-electron chi connectivity index (χ1n) is 5.83. The lowest BCUT2D eigenvalue weighted by Gasteiger charge is -2.22. The second-order valence-electron chi connectivity index (χ2n) is 4.05. The average molecular weight is 242 g/mol. The molecule has 1 aromatic rings. The Hall–Kier alpha value is -1.89.